The molecule has 4 aromatic rings. The fourth-order valence-electron chi connectivity index (χ4n) is 2.72. The molecule has 24 heavy (non-hydrogen) atoms. The zero-order valence-corrected chi connectivity index (χ0v) is 13.4. The van der Waals surface area contributed by atoms with Gasteiger partial charge in [0.2, 0.25) is 0 Å². The Labute approximate surface area is 142 Å². The summed E-state index contributed by atoms with van der Waals surface area (Å²) < 4.78 is 15.5. The summed E-state index contributed by atoms with van der Waals surface area (Å²) in [6.07, 6.45) is 1.76. The van der Waals surface area contributed by atoms with Gasteiger partial charge in [-0.05, 0) is 41.4 Å². The lowest BCUT2D eigenvalue weighted by Gasteiger charge is -2.08. The van der Waals surface area contributed by atoms with Crippen LogP contribution in [-0.2, 0) is 6.54 Å². The normalized spacial score (nSPS) is 11.0. The van der Waals surface area contributed by atoms with Crippen molar-refractivity contribution in [2.75, 3.05) is 0 Å². The van der Waals surface area contributed by atoms with E-state index in [1.807, 2.05) is 34.9 Å². The number of hydrogen-bond donors (Lipinski definition) is 1. The molecule has 1 N–H and O–H groups in total. The van der Waals surface area contributed by atoms with E-state index in [-0.39, 0.29) is 5.82 Å². The fourth-order valence-corrected chi connectivity index (χ4v) is 2.91. The van der Waals surface area contributed by atoms with Crippen molar-refractivity contribution < 1.29 is 4.39 Å². The quantitative estimate of drug-likeness (QED) is 0.566. The summed E-state index contributed by atoms with van der Waals surface area (Å²) in [5, 5.41) is 9.29. The summed E-state index contributed by atoms with van der Waals surface area (Å²) in [6, 6.07) is 16.3. The average molecular weight is 336 g/mol. The van der Waals surface area contributed by atoms with Crippen LogP contribution in [0.3, 0.4) is 0 Å². The van der Waals surface area contributed by atoms with Gasteiger partial charge in [0.15, 0.2) is 10.6 Å². The van der Waals surface area contributed by atoms with Crippen LogP contribution in [0.5, 0.6) is 0 Å². The topological polar surface area (TPSA) is 46.5 Å². The molecule has 0 unspecified atom stereocenters. The molecule has 6 heteroatoms. The first-order chi connectivity index (χ1) is 11.7. The van der Waals surface area contributed by atoms with E-state index in [1.165, 1.54) is 12.1 Å². The van der Waals surface area contributed by atoms with Crippen molar-refractivity contribution in [3.63, 3.8) is 0 Å². The van der Waals surface area contributed by atoms with E-state index in [4.69, 9.17) is 12.2 Å². The molecule has 0 radical (unpaired) electrons. The number of pyridine rings is 1. The van der Waals surface area contributed by atoms with Crippen LogP contribution in [0.1, 0.15) is 5.56 Å². The highest BCUT2D eigenvalue weighted by atomic mass is 32.1. The molecule has 0 aliphatic rings. The molecule has 0 fully saturated rings. The number of halogens is 1. The van der Waals surface area contributed by atoms with Crippen molar-refractivity contribution in [1.82, 2.24) is 19.7 Å². The number of hydrogen-bond acceptors (Lipinski definition) is 3. The summed E-state index contributed by atoms with van der Waals surface area (Å²) >= 11 is 5.36. The lowest BCUT2D eigenvalue weighted by atomic mass is 10.1. The van der Waals surface area contributed by atoms with E-state index < -0.39 is 0 Å². The zero-order valence-electron chi connectivity index (χ0n) is 12.6. The van der Waals surface area contributed by atoms with Crippen LogP contribution in [0, 0.1) is 10.6 Å². The number of rotatable bonds is 3. The van der Waals surface area contributed by atoms with Gasteiger partial charge in [0, 0.05) is 11.6 Å². The van der Waals surface area contributed by atoms with Gasteiger partial charge >= 0.3 is 0 Å². The highest BCUT2D eigenvalue weighted by Crippen LogP contribution is 2.25. The summed E-state index contributed by atoms with van der Waals surface area (Å²) in [4.78, 5) is 4.50. The Balaban J connectivity index is 1.85. The minimum atomic E-state index is -0.259. The Morgan fingerprint density at radius 1 is 1.04 bits per heavy atom. The van der Waals surface area contributed by atoms with Gasteiger partial charge < -0.3 is 0 Å². The van der Waals surface area contributed by atoms with Crippen LogP contribution in [0.2, 0.25) is 0 Å². The third-order valence-electron chi connectivity index (χ3n) is 3.90. The third-order valence-corrected chi connectivity index (χ3v) is 4.21. The maximum Gasteiger partial charge on any atom is 0.195 e. The molecule has 2 aromatic heterocycles. The first-order valence-corrected chi connectivity index (χ1v) is 7.87. The van der Waals surface area contributed by atoms with Crippen LogP contribution < -0.4 is 0 Å². The van der Waals surface area contributed by atoms with Gasteiger partial charge in [-0.3, -0.25) is 14.6 Å². The monoisotopic (exact) mass is 336 g/mol. The number of aromatic nitrogens is 4. The molecule has 2 heterocycles. The number of H-pyrrole nitrogens is 1. The van der Waals surface area contributed by atoms with E-state index in [2.05, 4.69) is 15.2 Å². The van der Waals surface area contributed by atoms with Crippen molar-refractivity contribution in [2.24, 2.45) is 0 Å². The standard InChI is InChI=1S/C18H13FN4S/c19-14-7-5-12(6-8-14)11-23-17(21-22-18(23)24)16-15-4-2-1-3-13(15)9-10-20-16/h1-10H,11H2,(H,22,24). The van der Waals surface area contributed by atoms with Gasteiger partial charge in [-0.25, -0.2) is 4.39 Å². The molecule has 118 valence electrons. The molecule has 0 spiro atoms. The fraction of sp³-hybridized carbons (Fsp3) is 0.0556. The zero-order chi connectivity index (χ0) is 16.5. The summed E-state index contributed by atoms with van der Waals surface area (Å²) in [6.45, 7) is 0.496. The molecule has 0 saturated heterocycles. The molecule has 0 atom stereocenters. The predicted octanol–water partition coefficient (Wildman–Crippen LogP) is 4.34. The SMILES string of the molecule is Fc1ccc(Cn2c(-c3nccc4ccccc34)n[nH]c2=S)cc1. The number of benzene rings is 2. The molecule has 0 aliphatic carbocycles. The summed E-state index contributed by atoms with van der Waals surface area (Å²) in [5.41, 5.74) is 1.71. The second-order valence-corrected chi connectivity index (χ2v) is 5.83. The van der Waals surface area contributed by atoms with Crippen molar-refractivity contribution in [3.05, 3.63) is 76.9 Å². The first-order valence-electron chi connectivity index (χ1n) is 7.46. The third kappa shape index (κ3) is 2.61. The van der Waals surface area contributed by atoms with Crippen molar-refractivity contribution >= 4 is 23.0 Å². The van der Waals surface area contributed by atoms with E-state index in [0.717, 1.165) is 22.0 Å². The Morgan fingerprint density at radius 3 is 2.67 bits per heavy atom. The Morgan fingerprint density at radius 2 is 1.83 bits per heavy atom. The minimum Gasteiger partial charge on any atom is -0.294 e. The largest absolute Gasteiger partial charge is 0.294 e. The Kier molecular flexibility index (Phi) is 3.66. The van der Waals surface area contributed by atoms with Gasteiger partial charge in [-0.1, -0.05) is 36.4 Å². The smallest absolute Gasteiger partial charge is 0.195 e. The van der Waals surface area contributed by atoms with Crippen molar-refractivity contribution in [2.45, 2.75) is 6.54 Å². The van der Waals surface area contributed by atoms with Crippen molar-refractivity contribution in [3.8, 4) is 11.5 Å². The van der Waals surface area contributed by atoms with Crippen LogP contribution in [0.4, 0.5) is 4.39 Å². The van der Waals surface area contributed by atoms with Gasteiger partial charge in [0.05, 0.1) is 6.54 Å². The lowest BCUT2D eigenvalue weighted by molar-refractivity contribution is 0.626. The Bertz CT molecular complexity index is 1060. The highest BCUT2D eigenvalue weighted by Gasteiger charge is 2.13. The van der Waals surface area contributed by atoms with E-state index >= 15 is 0 Å². The molecular formula is C18H13FN4S. The maximum atomic E-state index is 13.1. The van der Waals surface area contributed by atoms with E-state index in [1.54, 1.807) is 18.3 Å². The second kappa shape index (κ2) is 5.98. The summed E-state index contributed by atoms with van der Waals surface area (Å²) in [5.74, 6) is 0.409. The number of nitrogens with one attached hydrogen (secondary N) is 1. The summed E-state index contributed by atoms with van der Waals surface area (Å²) in [7, 11) is 0. The number of fused-ring (bicyclic) bond motifs is 1. The molecule has 0 bridgehead atoms. The first kappa shape index (κ1) is 14.7. The molecule has 0 amide bonds. The Hall–Kier alpha value is -2.86. The maximum absolute atomic E-state index is 13.1. The van der Waals surface area contributed by atoms with Crippen LogP contribution >= 0.6 is 12.2 Å². The molecule has 0 saturated carbocycles. The number of aromatic amines is 1. The van der Waals surface area contributed by atoms with Crippen LogP contribution in [-0.4, -0.2) is 19.7 Å². The van der Waals surface area contributed by atoms with Crippen LogP contribution in [0.15, 0.2) is 60.8 Å². The predicted molar refractivity (Wildman–Crippen MR) is 93.7 cm³/mol. The number of nitrogens with zero attached hydrogens (tertiary/aromatic N) is 3. The second-order valence-electron chi connectivity index (χ2n) is 5.45. The lowest BCUT2D eigenvalue weighted by Crippen LogP contribution is -2.03. The van der Waals surface area contributed by atoms with Gasteiger partial charge in [-0.2, -0.15) is 5.10 Å². The molecule has 2 aromatic carbocycles. The highest BCUT2D eigenvalue weighted by molar-refractivity contribution is 7.71. The van der Waals surface area contributed by atoms with E-state index in [0.29, 0.717) is 17.1 Å². The average Bonchev–Trinajstić information content (AvgIpc) is 2.97. The molecular weight excluding hydrogens is 323 g/mol. The van der Waals surface area contributed by atoms with Gasteiger partial charge in [0.1, 0.15) is 11.5 Å². The molecule has 4 rings (SSSR count). The van der Waals surface area contributed by atoms with Gasteiger partial charge in [0.25, 0.3) is 0 Å². The molecule has 4 nitrogen and oxygen atoms in total. The van der Waals surface area contributed by atoms with Crippen LogP contribution in [0.25, 0.3) is 22.3 Å². The minimum absolute atomic E-state index is 0.259. The molecule has 0 aliphatic heterocycles. The van der Waals surface area contributed by atoms with Crippen molar-refractivity contribution in [1.29, 1.82) is 0 Å². The van der Waals surface area contributed by atoms with Gasteiger partial charge in [-0.15, -0.1) is 0 Å². The van der Waals surface area contributed by atoms with E-state index in [9.17, 15) is 4.39 Å².